The Morgan fingerprint density at radius 3 is 1.80 bits per heavy atom. The summed E-state index contributed by atoms with van der Waals surface area (Å²) < 4.78 is 40.3. The Morgan fingerprint density at radius 2 is 1.70 bits per heavy atom. The molecular weight excluding hydrogens is 164 g/mol. The van der Waals surface area contributed by atoms with Gasteiger partial charge in [0.25, 0.3) is 6.48 Å². The second-order valence-corrected chi connectivity index (χ2v) is 2.33. The molecule has 0 fully saturated rings. The Balaban J connectivity index is 3.87. The fourth-order valence-electron chi connectivity index (χ4n) is 0.274. The minimum atomic E-state index is -4.50. The van der Waals surface area contributed by atoms with E-state index in [1.54, 1.807) is 0 Å². The Morgan fingerprint density at radius 1 is 1.30 bits per heavy atom. The van der Waals surface area contributed by atoms with Gasteiger partial charge in [0.2, 0.25) is 0 Å². The maximum absolute atomic E-state index is 9.93. The highest BCUT2D eigenvalue weighted by Gasteiger charge is 2.14. The number of methoxy groups -OCH3 is 2. The van der Waals surface area contributed by atoms with Crippen molar-refractivity contribution in [3.05, 3.63) is 0 Å². The lowest BCUT2D eigenvalue weighted by atomic mass is 11.2. The van der Waals surface area contributed by atoms with Crippen LogP contribution in [-0.2, 0) is 24.1 Å². The zero-order valence-electron chi connectivity index (χ0n) is 5.47. The van der Waals surface area contributed by atoms with E-state index in [1.165, 1.54) is 14.2 Å². The Hall–Kier alpha value is -0.210. The predicted molar refractivity (Wildman–Crippen MR) is 30.4 cm³/mol. The van der Waals surface area contributed by atoms with Crippen LogP contribution in [-0.4, -0.2) is 33.7 Å². The molecule has 0 aromatic rings. The first-order valence-electron chi connectivity index (χ1n) is 2.21. The molecule has 0 spiro atoms. The van der Waals surface area contributed by atoms with Crippen molar-refractivity contribution in [3.8, 4) is 0 Å². The van der Waals surface area contributed by atoms with Crippen LogP contribution in [0, 0.1) is 0 Å². The van der Waals surface area contributed by atoms with E-state index in [4.69, 9.17) is 4.55 Å². The molecule has 0 atom stereocenters. The second-order valence-electron chi connectivity index (χ2n) is 1.28. The van der Waals surface area contributed by atoms with Gasteiger partial charge in [-0.1, -0.05) is 0 Å². The first-order chi connectivity index (χ1) is 4.49. The van der Waals surface area contributed by atoms with Gasteiger partial charge in [-0.25, -0.2) is 0 Å². The molecule has 0 amide bonds. The van der Waals surface area contributed by atoms with E-state index in [0.717, 1.165) is 0 Å². The summed E-state index contributed by atoms with van der Waals surface area (Å²) in [5, 5.41) is 0. The maximum atomic E-state index is 9.93. The Bertz CT molecular complexity index is 167. The van der Waals surface area contributed by atoms with E-state index in [-0.39, 0.29) is 0 Å². The lowest BCUT2D eigenvalue weighted by molar-refractivity contribution is -0.219. The summed E-state index contributed by atoms with van der Waals surface area (Å²) in [6.07, 6.45) is 0. The quantitative estimate of drug-likeness (QED) is 0.449. The van der Waals surface area contributed by atoms with Crippen LogP contribution in [0.4, 0.5) is 0 Å². The molecule has 0 rings (SSSR count). The zero-order chi connectivity index (χ0) is 8.20. The van der Waals surface area contributed by atoms with Crippen molar-refractivity contribution in [2.75, 3.05) is 14.2 Å². The van der Waals surface area contributed by atoms with Crippen LogP contribution in [0.2, 0.25) is 0 Å². The van der Waals surface area contributed by atoms with Crippen LogP contribution in [0.3, 0.4) is 0 Å². The third kappa shape index (κ3) is 4.65. The van der Waals surface area contributed by atoms with E-state index in [0.29, 0.717) is 0 Å². The summed E-state index contributed by atoms with van der Waals surface area (Å²) in [6.45, 7) is -1.39. The molecule has 6 nitrogen and oxygen atoms in total. The van der Waals surface area contributed by atoms with Crippen molar-refractivity contribution in [1.82, 2.24) is 0 Å². The zero-order valence-corrected chi connectivity index (χ0v) is 6.29. The Kier molecular flexibility index (Phi) is 3.76. The first-order valence-corrected chi connectivity index (χ1v) is 3.57. The van der Waals surface area contributed by atoms with Crippen LogP contribution >= 0.6 is 0 Å². The van der Waals surface area contributed by atoms with E-state index in [9.17, 15) is 8.42 Å². The van der Waals surface area contributed by atoms with E-state index < -0.39 is 16.9 Å². The van der Waals surface area contributed by atoms with Crippen molar-refractivity contribution < 1.29 is 26.6 Å². The number of ether oxygens (including phenoxy) is 2. The van der Waals surface area contributed by atoms with Gasteiger partial charge in [-0.05, 0) is 0 Å². The average Bonchev–Trinajstić information content (AvgIpc) is 1.81. The molecule has 0 heterocycles. The molecule has 0 aromatic carbocycles. The SMILES string of the molecule is COC(OC)OS(=O)(=O)O. The normalized spacial score (nSPS) is 12.4. The number of hydrogen-bond donors (Lipinski definition) is 1. The molecule has 7 heteroatoms. The van der Waals surface area contributed by atoms with Crippen molar-refractivity contribution in [2.24, 2.45) is 0 Å². The lowest BCUT2D eigenvalue weighted by Gasteiger charge is -2.09. The smallest absolute Gasteiger partial charge is 0.332 e. The third-order valence-corrected chi connectivity index (χ3v) is 0.985. The molecule has 0 saturated heterocycles. The predicted octanol–water partition coefficient (Wildman–Crippen LogP) is -0.618. The van der Waals surface area contributed by atoms with Gasteiger partial charge >= 0.3 is 10.4 Å². The average molecular weight is 172 g/mol. The molecule has 0 aliphatic rings. The molecule has 62 valence electrons. The maximum Gasteiger partial charge on any atom is 0.401 e. The number of hydrogen-bond acceptors (Lipinski definition) is 5. The third-order valence-electron chi connectivity index (χ3n) is 0.585. The largest absolute Gasteiger partial charge is 0.401 e. The van der Waals surface area contributed by atoms with Crippen LogP contribution < -0.4 is 0 Å². The minimum Gasteiger partial charge on any atom is -0.332 e. The minimum absolute atomic E-state index is 1.17. The topological polar surface area (TPSA) is 82.1 Å². The van der Waals surface area contributed by atoms with E-state index in [2.05, 4.69) is 13.7 Å². The molecule has 0 radical (unpaired) electrons. The van der Waals surface area contributed by atoms with Crippen LogP contribution in [0.25, 0.3) is 0 Å². The van der Waals surface area contributed by atoms with Gasteiger partial charge in [0.1, 0.15) is 0 Å². The number of rotatable bonds is 4. The monoisotopic (exact) mass is 172 g/mol. The molecule has 0 aliphatic carbocycles. The molecule has 1 N–H and O–H groups in total. The van der Waals surface area contributed by atoms with Crippen LogP contribution in [0.5, 0.6) is 0 Å². The van der Waals surface area contributed by atoms with Gasteiger partial charge in [-0.15, -0.1) is 0 Å². The first kappa shape index (κ1) is 9.79. The lowest BCUT2D eigenvalue weighted by Crippen LogP contribution is -2.21. The molecule has 0 unspecified atom stereocenters. The molecule has 0 aliphatic heterocycles. The van der Waals surface area contributed by atoms with Gasteiger partial charge in [0.05, 0.1) is 0 Å². The molecule has 10 heavy (non-hydrogen) atoms. The summed E-state index contributed by atoms with van der Waals surface area (Å²) in [7, 11) is -2.17. The summed E-state index contributed by atoms with van der Waals surface area (Å²) in [6, 6.07) is 0. The van der Waals surface area contributed by atoms with E-state index in [1.807, 2.05) is 0 Å². The van der Waals surface area contributed by atoms with Crippen molar-refractivity contribution in [1.29, 1.82) is 0 Å². The molecule has 0 saturated carbocycles. The highest BCUT2D eigenvalue weighted by atomic mass is 32.3. The summed E-state index contributed by atoms with van der Waals surface area (Å²) in [5.41, 5.74) is 0. The second kappa shape index (κ2) is 3.84. The summed E-state index contributed by atoms with van der Waals surface area (Å²) >= 11 is 0. The standard InChI is InChI=1S/C3H8O6S/c1-7-3(8-2)9-10(4,5)6/h3H,1-2H3,(H,4,5,6). The van der Waals surface area contributed by atoms with Gasteiger partial charge < -0.3 is 9.47 Å². The van der Waals surface area contributed by atoms with E-state index >= 15 is 0 Å². The summed E-state index contributed by atoms with van der Waals surface area (Å²) in [5.74, 6) is 0. The highest BCUT2D eigenvalue weighted by molar-refractivity contribution is 7.80. The van der Waals surface area contributed by atoms with Gasteiger partial charge in [-0.3, -0.25) is 4.55 Å². The van der Waals surface area contributed by atoms with Crippen LogP contribution in [0.15, 0.2) is 0 Å². The fourth-order valence-corrected chi connectivity index (χ4v) is 0.630. The molecule has 0 bridgehead atoms. The Labute approximate surface area is 58.6 Å². The highest BCUT2D eigenvalue weighted by Crippen LogP contribution is 1.97. The van der Waals surface area contributed by atoms with Crippen molar-refractivity contribution in [3.63, 3.8) is 0 Å². The van der Waals surface area contributed by atoms with Gasteiger partial charge in [0, 0.05) is 14.2 Å². The van der Waals surface area contributed by atoms with Crippen molar-refractivity contribution >= 4 is 10.4 Å². The van der Waals surface area contributed by atoms with Crippen LogP contribution in [0.1, 0.15) is 0 Å². The molecule has 0 aromatic heterocycles. The molecular formula is C3H8O6S. The summed E-state index contributed by atoms with van der Waals surface area (Å²) in [4.78, 5) is 0. The van der Waals surface area contributed by atoms with Crippen molar-refractivity contribution in [2.45, 2.75) is 6.48 Å². The fraction of sp³-hybridized carbons (Fsp3) is 1.00. The van der Waals surface area contributed by atoms with Gasteiger partial charge in [0.15, 0.2) is 0 Å². The van der Waals surface area contributed by atoms with Gasteiger partial charge in [-0.2, -0.15) is 12.6 Å².